The summed E-state index contributed by atoms with van der Waals surface area (Å²) in [7, 11) is 2.63. The van der Waals surface area contributed by atoms with E-state index in [1.807, 2.05) is 0 Å². The standard InChI is InChI=1S/C8H14N3O4PS/c1-9-5-14-16(17)15-6-4-10(2)8(13)11(3)7(6)12/h4,9,16H,5H2,1-3H3. The summed E-state index contributed by atoms with van der Waals surface area (Å²) in [4.78, 5) is 23.1. The predicted octanol–water partition coefficient (Wildman–Crippen LogP) is -0.838. The maximum absolute atomic E-state index is 11.7. The molecule has 1 unspecified atom stereocenters. The van der Waals surface area contributed by atoms with E-state index in [1.54, 1.807) is 7.05 Å². The van der Waals surface area contributed by atoms with E-state index in [1.165, 1.54) is 24.9 Å². The van der Waals surface area contributed by atoms with Gasteiger partial charge in [-0.15, -0.1) is 0 Å². The monoisotopic (exact) mass is 279 g/mol. The van der Waals surface area contributed by atoms with E-state index in [-0.39, 0.29) is 12.5 Å². The molecule has 0 fully saturated rings. The van der Waals surface area contributed by atoms with E-state index in [2.05, 4.69) is 5.32 Å². The third-order valence-corrected chi connectivity index (χ3v) is 3.31. The molecule has 1 atom stereocenters. The van der Waals surface area contributed by atoms with E-state index >= 15 is 0 Å². The van der Waals surface area contributed by atoms with Crippen LogP contribution >= 0.6 is 7.15 Å². The largest absolute Gasteiger partial charge is 0.438 e. The van der Waals surface area contributed by atoms with Crippen molar-refractivity contribution in [1.82, 2.24) is 14.5 Å². The van der Waals surface area contributed by atoms with Crippen molar-refractivity contribution in [3.05, 3.63) is 27.0 Å². The molecular formula is C8H14N3O4PS. The zero-order chi connectivity index (χ0) is 13.0. The number of aromatic nitrogens is 2. The molecule has 96 valence electrons. The third-order valence-electron chi connectivity index (χ3n) is 1.94. The highest BCUT2D eigenvalue weighted by atomic mass is 32.4. The Morgan fingerprint density at radius 3 is 2.71 bits per heavy atom. The van der Waals surface area contributed by atoms with Crippen LogP contribution in [0.5, 0.6) is 5.75 Å². The number of hydrogen-bond donors (Lipinski definition) is 1. The van der Waals surface area contributed by atoms with Gasteiger partial charge in [-0.3, -0.25) is 19.2 Å². The van der Waals surface area contributed by atoms with Crippen LogP contribution in [0, 0.1) is 0 Å². The highest BCUT2D eigenvalue weighted by Gasteiger charge is 2.09. The van der Waals surface area contributed by atoms with Gasteiger partial charge < -0.3 is 9.05 Å². The first-order chi connectivity index (χ1) is 7.97. The Kier molecular flexibility index (Phi) is 5.07. The van der Waals surface area contributed by atoms with Crippen LogP contribution in [0.1, 0.15) is 0 Å². The van der Waals surface area contributed by atoms with Crippen molar-refractivity contribution < 1.29 is 9.05 Å². The van der Waals surface area contributed by atoms with Crippen LogP contribution in [0.2, 0.25) is 0 Å². The molecule has 1 aromatic heterocycles. The first kappa shape index (κ1) is 14.1. The van der Waals surface area contributed by atoms with Gasteiger partial charge in [0.15, 0.2) is 0 Å². The van der Waals surface area contributed by atoms with Crippen molar-refractivity contribution in [2.75, 3.05) is 13.8 Å². The average molecular weight is 279 g/mol. The van der Waals surface area contributed by atoms with E-state index in [4.69, 9.17) is 20.9 Å². The molecule has 0 aliphatic rings. The minimum atomic E-state index is -1.98. The van der Waals surface area contributed by atoms with Gasteiger partial charge in [0.05, 0.1) is 6.20 Å². The lowest BCUT2D eigenvalue weighted by Gasteiger charge is -2.10. The van der Waals surface area contributed by atoms with Gasteiger partial charge >= 0.3 is 5.69 Å². The smallest absolute Gasteiger partial charge is 0.330 e. The van der Waals surface area contributed by atoms with E-state index in [9.17, 15) is 9.59 Å². The van der Waals surface area contributed by atoms with Crippen LogP contribution in [0.4, 0.5) is 0 Å². The van der Waals surface area contributed by atoms with Crippen molar-refractivity contribution in [3.8, 4) is 5.75 Å². The average Bonchev–Trinajstić information content (AvgIpc) is 2.30. The molecule has 1 heterocycles. The maximum Gasteiger partial charge on any atom is 0.330 e. The molecule has 0 saturated heterocycles. The summed E-state index contributed by atoms with van der Waals surface area (Å²) in [6.07, 6.45) is 1.31. The minimum Gasteiger partial charge on any atom is -0.438 e. The SMILES string of the molecule is CNCO[PH](=S)Oc1cn(C)c(=O)n(C)c1=O. The highest BCUT2D eigenvalue weighted by Crippen LogP contribution is 2.24. The molecule has 17 heavy (non-hydrogen) atoms. The molecule has 0 bridgehead atoms. The van der Waals surface area contributed by atoms with Crippen LogP contribution in [0.3, 0.4) is 0 Å². The summed E-state index contributed by atoms with van der Waals surface area (Å²) in [5, 5.41) is 2.75. The van der Waals surface area contributed by atoms with Crippen LogP contribution < -0.4 is 21.1 Å². The lowest BCUT2D eigenvalue weighted by molar-refractivity contribution is 0.305. The lowest BCUT2D eigenvalue weighted by Crippen LogP contribution is -2.36. The van der Waals surface area contributed by atoms with Crippen molar-refractivity contribution >= 4 is 19.0 Å². The fourth-order valence-electron chi connectivity index (χ4n) is 1.10. The highest BCUT2D eigenvalue weighted by molar-refractivity contribution is 8.00. The quantitative estimate of drug-likeness (QED) is 0.560. The number of hydrogen-bond acceptors (Lipinski definition) is 6. The predicted molar refractivity (Wildman–Crippen MR) is 68.2 cm³/mol. The second-order valence-corrected chi connectivity index (χ2v) is 5.24. The molecule has 9 heteroatoms. The lowest BCUT2D eigenvalue weighted by atomic mass is 10.6. The molecule has 0 aromatic carbocycles. The van der Waals surface area contributed by atoms with Crippen molar-refractivity contribution in [3.63, 3.8) is 0 Å². The normalized spacial score (nSPS) is 12.4. The molecule has 1 N–H and O–H groups in total. The zero-order valence-electron chi connectivity index (χ0n) is 9.72. The zero-order valence-corrected chi connectivity index (χ0v) is 11.5. The molecule has 0 saturated carbocycles. The molecule has 1 aromatic rings. The van der Waals surface area contributed by atoms with E-state index in [0.29, 0.717) is 0 Å². The second kappa shape index (κ2) is 6.11. The van der Waals surface area contributed by atoms with E-state index < -0.39 is 18.4 Å². The van der Waals surface area contributed by atoms with Gasteiger partial charge in [-0.1, -0.05) is 0 Å². The van der Waals surface area contributed by atoms with Crippen LogP contribution in [-0.2, 0) is 30.4 Å². The number of nitrogens with zero attached hydrogens (tertiary/aromatic N) is 2. The molecule has 0 amide bonds. The van der Waals surface area contributed by atoms with Crippen LogP contribution in [0.25, 0.3) is 0 Å². The van der Waals surface area contributed by atoms with Crippen molar-refractivity contribution in [1.29, 1.82) is 0 Å². The summed E-state index contributed by atoms with van der Waals surface area (Å²) >= 11 is 4.95. The molecule has 0 aliphatic carbocycles. The first-order valence-electron chi connectivity index (χ1n) is 4.73. The Morgan fingerprint density at radius 2 is 2.12 bits per heavy atom. The fourth-order valence-corrected chi connectivity index (χ4v) is 2.18. The van der Waals surface area contributed by atoms with Gasteiger partial charge in [-0.05, 0) is 18.9 Å². The van der Waals surface area contributed by atoms with Gasteiger partial charge in [0.2, 0.25) is 12.9 Å². The van der Waals surface area contributed by atoms with Gasteiger partial charge in [0.1, 0.15) is 6.73 Å². The summed E-state index contributed by atoms with van der Waals surface area (Å²) in [6.45, 7) is 0.254. The molecule has 7 nitrogen and oxygen atoms in total. The van der Waals surface area contributed by atoms with Crippen molar-refractivity contribution in [2.24, 2.45) is 14.1 Å². The Labute approximate surface area is 104 Å². The van der Waals surface area contributed by atoms with Crippen LogP contribution in [-0.4, -0.2) is 22.9 Å². The number of rotatable bonds is 5. The summed E-state index contributed by atoms with van der Waals surface area (Å²) < 4.78 is 12.5. The number of aryl methyl sites for hydroxylation is 1. The van der Waals surface area contributed by atoms with E-state index in [0.717, 1.165) is 4.57 Å². The molecular weight excluding hydrogens is 265 g/mol. The topological polar surface area (TPSA) is 74.5 Å². The molecule has 1 rings (SSSR count). The first-order valence-corrected chi connectivity index (χ1v) is 7.18. The minimum absolute atomic E-state index is 0.0228. The van der Waals surface area contributed by atoms with Gasteiger partial charge in [-0.2, -0.15) is 0 Å². The van der Waals surface area contributed by atoms with Crippen molar-refractivity contribution in [2.45, 2.75) is 0 Å². The maximum atomic E-state index is 11.7. The third kappa shape index (κ3) is 3.50. The second-order valence-electron chi connectivity index (χ2n) is 3.25. The van der Waals surface area contributed by atoms with Gasteiger partial charge in [0, 0.05) is 14.1 Å². The molecule has 0 radical (unpaired) electrons. The molecule has 0 spiro atoms. The Morgan fingerprint density at radius 1 is 1.47 bits per heavy atom. The van der Waals surface area contributed by atoms with Gasteiger partial charge in [-0.25, -0.2) is 4.79 Å². The van der Waals surface area contributed by atoms with Gasteiger partial charge in [0.25, 0.3) is 5.56 Å². The summed E-state index contributed by atoms with van der Waals surface area (Å²) in [5.74, 6) is 0.0228. The van der Waals surface area contributed by atoms with Crippen LogP contribution in [0.15, 0.2) is 15.8 Å². The Bertz CT molecular complexity index is 539. The Balaban J connectivity index is 2.97. The Hall–Kier alpha value is -0.950. The molecule has 0 aliphatic heterocycles. The fraction of sp³-hybridized carbons (Fsp3) is 0.500. The summed E-state index contributed by atoms with van der Waals surface area (Å²) in [5.41, 5.74) is -0.940. The summed E-state index contributed by atoms with van der Waals surface area (Å²) in [6, 6.07) is 0. The number of nitrogens with one attached hydrogen (secondary N) is 1.